The number of hydrogen-bond acceptors (Lipinski definition) is 5. The summed E-state index contributed by atoms with van der Waals surface area (Å²) in [6.45, 7) is 2.01. The smallest absolute Gasteiger partial charge is 0.253 e. The van der Waals surface area contributed by atoms with Crippen molar-refractivity contribution in [1.82, 2.24) is 20.2 Å². The third-order valence-corrected chi connectivity index (χ3v) is 3.87. The SMILES string of the molecule is CN(C)C(=O)c1ccc2cnc(NC3CCCNC3)nc2c1. The quantitative estimate of drug-likeness (QED) is 0.899. The second kappa shape index (κ2) is 6.27. The van der Waals surface area contributed by atoms with Crippen molar-refractivity contribution in [2.24, 2.45) is 0 Å². The number of hydrogen-bond donors (Lipinski definition) is 2. The van der Waals surface area contributed by atoms with Crippen LogP contribution in [0.15, 0.2) is 24.4 Å². The molecule has 3 rings (SSSR count). The number of rotatable bonds is 3. The number of nitrogens with zero attached hydrogens (tertiary/aromatic N) is 3. The van der Waals surface area contributed by atoms with Crippen molar-refractivity contribution < 1.29 is 4.79 Å². The van der Waals surface area contributed by atoms with Gasteiger partial charge < -0.3 is 15.5 Å². The van der Waals surface area contributed by atoms with E-state index < -0.39 is 0 Å². The lowest BCUT2D eigenvalue weighted by molar-refractivity contribution is 0.0827. The zero-order chi connectivity index (χ0) is 15.5. The van der Waals surface area contributed by atoms with Crippen molar-refractivity contribution in [3.63, 3.8) is 0 Å². The van der Waals surface area contributed by atoms with Gasteiger partial charge in [0.15, 0.2) is 0 Å². The van der Waals surface area contributed by atoms with Gasteiger partial charge in [-0.1, -0.05) is 6.07 Å². The summed E-state index contributed by atoms with van der Waals surface area (Å²) in [7, 11) is 3.49. The van der Waals surface area contributed by atoms with Gasteiger partial charge in [-0.3, -0.25) is 4.79 Å². The maximum Gasteiger partial charge on any atom is 0.253 e. The molecular weight excluding hydrogens is 278 g/mol. The van der Waals surface area contributed by atoms with Crippen LogP contribution in [0.25, 0.3) is 10.9 Å². The van der Waals surface area contributed by atoms with E-state index in [0.717, 1.165) is 36.8 Å². The van der Waals surface area contributed by atoms with Crippen LogP contribution in [0, 0.1) is 0 Å². The molecule has 0 spiro atoms. The molecule has 6 nitrogen and oxygen atoms in total. The summed E-state index contributed by atoms with van der Waals surface area (Å²) in [6.07, 6.45) is 4.07. The number of anilines is 1. The minimum absolute atomic E-state index is 0.0218. The van der Waals surface area contributed by atoms with E-state index in [1.54, 1.807) is 25.2 Å². The first-order valence-corrected chi connectivity index (χ1v) is 7.59. The lowest BCUT2D eigenvalue weighted by Gasteiger charge is -2.23. The molecule has 0 radical (unpaired) electrons. The van der Waals surface area contributed by atoms with Crippen LogP contribution >= 0.6 is 0 Å². The Kier molecular flexibility index (Phi) is 4.20. The van der Waals surface area contributed by atoms with E-state index in [0.29, 0.717) is 17.6 Å². The van der Waals surface area contributed by atoms with Gasteiger partial charge in [0, 0.05) is 43.8 Å². The first kappa shape index (κ1) is 14.7. The summed E-state index contributed by atoms with van der Waals surface area (Å²) < 4.78 is 0. The van der Waals surface area contributed by atoms with E-state index in [-0.39, 0.29) is 5.91 Å². The average Bonchev–Trinajstić information content (AvgIpc) is 2.54. The standard InChI is InChI=1S/C16H21N5O/c1-21(2)15(22)11-5-6-12-9-18-16(20-14(12)8-11)19-13-4-3-7-17-10-13/h5-6,8-9,13,17H,3-4,7,10H2,1-2H3,(H,18,19,20). The molecule has 1 aromatic carbocycles. The number of carbonyl (C=O) groups excluding carboxylic acids is 1. The van der Waals surface area contributed by atoms with Crippen LogP contribution in [0.4, 0.5) is 5.95 Å². The molecule has 2 aromatic rings. The predicted molar refractivity (Wildman–Crippen MR) is 87.1 cm³/mol. The molecule has 1 aliphatic heterocycles. The normalized spacial score (nSPS) is 18.2. The maximum absolute atomic E-state index is 12.0. The topological polar surface area (TPSA) is 70.2 Å². The predicted octanol–water partition coefficient (Wildman–Crippen LogP) is 1.50. The molecule has 2 heterocycles. The van der Waals surface area contributed by atoms with Gasteiger partial charge in [-0.25, -0.2) is 9.97 Å². The third-order valence-electron chi connectivity index (χ3n) is 3.87. The minimum Gasteiger partial charge on any atom is -0.350 e. The molecule has 1 fully saturated rings. The molecule has 2 N–H and O–H groups in total. The summed E-state index contributed by atoms with van der Waals surface area (Å²) in [4.78, 5) is 22.5. The molecule has 0 saturated carbocycles. The van der Waals surface area contributed by atoms with E-state index in [2.05, 4.69) is 20.6 Å². The van der Waals surface area contributed by atoms with Crippen molar-refractivity contribution >= 4 is 22.8 Å². The van der Waals surface area contributed by atoms with Gasteiger partial charge in [0.05, 0.1) is 5.52 Å². The summed E-state index contributed by atoms with van der Waals surface area (Å²) in [5.41, 5.74) is 1.43. The van der Waals surface area contributed by atoms with Crippen LogP contribution in [-0.2, 0) is 0 Å². The highest BCUT2D eigenvalue weighted by Gasteiger charge is 2.14. The Morgan fingerprint density at radius 2 is 2.27 bits per heavy atom. The number of fused-ring (bicyclic) bond motifs is 1. The van der Waals surface area contributed by atoms with Crippen LogP contribution in [0.1, 0.15) is 23.2 Å². The van der Waals surface area contributed by atoms with Crippen LogP contribution in [0.2, 0.25) is 0 Å². The summed E-state index contributed by atoms with van der Waals surface area (Å²) in [5, 5.41) is 7.66. The van der Waals surface area contributed by atoms with Gasteiger partial charge in [-0.15, -0.1) is 0 Å². The molecule has 0 aliphatic carbocycles. The monoisotopic (exact) mass is 299 g/mol. The van der Waals surface area contributed by atoms with E-state index >= 15 is 0 Å². The van der Waals surface area contributed by atoms with Gasteiger partial charge in [0.25, 0.3) is 5.91 Å². The van der Waals surface area contributed by atoms with Crippen molar-refractivity contribution in [3.05, 3.63) is 30.0 Å². The van der Waals surface area contributed by atoms with E-state index in [9.17, 15) is 4.79 Å². The number of carbonyl (C=O) groups is 1. The third kappa shape index (κ3) is 3.17. The van der Waals surface area contributed by atoms with Crippen LogP contribution in [0.3, 0.4) is 0 Å². The molecular formula is C16H21N5O. The molecule has 116 valence electrons. The van der Waals surface area contributed by atoms with Crippen molar-refractivity contribution in [2.75, 3.05) is 32.5 Å². The van der Waals surface area contributed by atoms with Crippen LogP contribution < -0.4 is 10.6 Å². The fourth-order valence-electron chi connectivity index (χ4n) is 2.64. The first-order chi connectivity index (χ1) is 10.6. The fourth-order valence-corrected chi connectivity index (χ4v) is 2.64. The molecule has 6 heteroatoms. The Morgan fingerprint density at radius 1 is 1.41 bits per heavy atom. The maximum atomic E-state index is 12.0. The molecule has 1 saturated heterocycles. The highest BCUT2D eigenvalue weighted by atomic mass is 16.2. The van der Waals surface area contributed by atoms with E-state index in [1.165, 1.54) is 0 Å². The molecule has 1 unspecified atom stereocenters. The van der Waals surface area contributed by atoms with Crippen molar-refractivity contribution in [1.29, 1.82) is 0 Å². The zero-order valence-corrected chi connectivity index (χ0v) is 13.0. The average molecular weight is 299 g/mol. The van der Waals surface area contributed by atoms with Gasteiger partial charge in [0.2, 0.25) is 5.95 Å². The zero-order valence-electron chi connectivity index (χ0n) is 13.0. The van der Waals surface area contributed by atoms with Crippen molar-refractivity contribution in [2.45, 2.75) is 18.9 Å². The Hall–Kier alpha value is -2.21. The number of nitrogens with one attached hydrogen (secondary N) is 2. The molecule has 1 aromatic heterocycles. The second-order valence-corrected chi connectivity index (χ2v) is 5.85. The lowest BCUT2D eigenvalue weighted by Crippen LogP contribution is -2.38. The van der Waals surface area contributed by atoms with Crippen LogP contribution in [-0.4, -0.2) is 54.0 Å². The molecule has 0 bridgehead atoms. The first-order valence-electron chi connectivity index (χ1n) is 7.59. The Bertz CT molecular complexity index is 679. The second-order valence-electron chi connectivity index (χ2n) is 5.85. The number of piperidine rings is 1. The number of amides is 1. The van der Waals surface area contributed by atoms with Crippen LogP contribution in [0.5, 0.6) is 0 Å². The number of benzene rings is 1. The highest BCUT2D eigenvalue weighted by molar-refractivity contribution is 5.97. The van der Waals surface area contributed by atoms with Gasteiger partial charge in [-0.05, 0) is 31.5 Å². The number of aromatic nitrogens is 2. The molecule has 1 amide bonds. The Morgan fingerprint density at radius 3 is 3.00 bits per heavy atom. The largest absolute Gasteiger partial charge is 0.350 e. The summed E-state index contributed by atoms with van der Waals surface area (Å²) >= 11 is 0. The van der Waals surface area contributed by atoms with Crippen molar-refractivity contribution in [3.8, 4) is 0 Å². The van der Waals surface area contributed by atoms with Gasteiger partial charge in [0.1, 0.15) is 0 Å². The van der Waals surface area contributed by atoms with E-state index in [1.807, 2.05) is 18.2 Å². The Balaban J connectivity index is 1.85. The summed E-state index contributed by atoms with van der Waals surface area (Å²) in [5.74, 6) is 0.599. The molecule has 1 atom stereocenters. The minimum atomic E-state index is -0.0218. The molecule has 1 aliphatic rings. The fraction of sp³-hybridized carbons (Fsp3) is 0.438. The lowest BCUT2D eigenvalue weighted by atomic mass is 10.1. The summed E-state index contributed by atoms with van der Waals surface area (Å²) in [6, 6.07) is 5.88. The van der Waals surface area contributed by atoms with Gasteiger partial charge >= 0.3 is 0 Å². The van der Waals surface area contributed by atoms with E-state index in [4.69, 9.17) is 0 Å². The van der Waals surface area contributed by atoms with Gasteiger partial charge in [-0.2, -0.15) is 0 Å². The highest BCUT2D eigenvalue weighted by Crippen LogP contribution is 2.17. The Labute approximate surface area is 129 Å². The molecule has 22 heavy (non-hydrogen) atoms.